The van der Waals surface area contributed by atoms with E-state index in [1.807, 2.05) is 0 Å². The summed E-state index contributed by atoms with van der Waals surface area (Å²) in [5.41, 5.74) is 4.86. The molecule has 2 rings (SSSR count). The second kappa shape index (κ2) is 8.98. The summed E-state index contributed by atoms with van der Waals surface area (Å²) >= 11 is 0. The molecule has 1 heterocycles. The molecular weight excluding hydrogens is 385 g/mol. The van der Waals surface area contributed by atoms with Gasteiger partial charge in [-0.15, -0.1) is 0 Å². The monoisotopic (exact) mass is 409 g/mol. The number of anilines is 2. The maximum atomic E-state index is 13.5. The third-order valence-electron chi connectivity index (χ3n) is 3.76. The number of halogens is 1. The number of benzene rings is 1. The van der Waals surface area contributed by atoms with Crippen molar-refractivity contribution < 1.29 is 17.6 Å². The average Bonchev–Trinajstić information content (AvgIpc) is 2.61. The van der Waals surface area contributed by atoms with Gasteiger partial charge in [0.15, 0.2) is 0 Å². The number of pyridine rings is 1. The normalized spacial score (nSPS) is 11.7. The van der Waals surface area contributed by atoms with Crippen molar-refractivity contribution in [1.29, 1.82) is 0 Å². The minimum absolute atomic E-state index is 0.0265. The smallest absolute Gasteiger partial charge is 0.304 e. The summed E-state index contributed by atoms with van der Waals surface area (Å²) in [5, 5.41) is 2.34. The zero-order valence-electron chi connectivity index (χ0n) is 16.1. The van der Waals surface area contributed by atoms with Crippen LogP contribution in [0.1, 0.15) is 27.7 Å². The number of amides is 2. The van der Waals surface area contributed by atoms with E-state index < -0.39 is 21.9 Å². The van der Waals surface area contributed by atoms with Gasteiger partial charge in [-0.05, 0) is 52.0 Å². The quantitative estimate of drug-likeness (QED) is 0.610. The number of nitrogens with one attached hydrogen (secondary N) is 3. The SMILES string of the molecule is CC(C)N(C(C)C)S(=O)(=O)c1ccc(NNC(=O)Nc2ccccc2F)nc1. The lowest BCUT2D eigenvalue weighted by Crippen LogP contribution is -2.42. The molecule has 152 valence electrons. The topological polar surface area (TPSA) is 103 Å². The Bertz CT molecular complexity index is 909. The molecule has 8 nitrogen and oxygen atoms in total. The Morgan fingerprint density at radius 3 is 2.25 bits per heavy atom. The van der Waals surface area contributed by atoms with E-state index in [4.69, 9.17) is 0 Å². The fraction of sp³-hybridized carbons (Fsp3) is 0.333. The summed E-state index contributed by atoms with van der Waals surface area (Å²) in [6.07, 6.45) is 1.21. The number of sulfonamides is 1. The predicted octanol–water partition coefficient (Wildman–Crippen LogP) is 3.18. The molecule has 2 amide bonds. The molecule has 0 spiro atoms. The first-order valence-electron chi connectivity index (χ1n) is 8.70. The van der Waals surface area contributed by atoms with Crippen LogP contribution in [0.5, 0.6) is 0 Å². The van der Waals surface area contributed by atoms with Crippen molar-refractivity contribution in [2.75, 3.05) is 10.7 Å². The molecule has 0 radical (unpaired) electrons. The van der Waals surface area contributed by atoms with Crippen molar-refractivity contribution in [3.05, 3.63) is 48.4 Å². The molecule has 3 N–H and O–H groups in total. The highest BCUT2D eigenvalue weighted by atomic mass is 32.2. The number of para-hydroxylation sites is 1. The van der Waals surface area contributed by atoms with Gasteiger partial charge in [0.05, 0.1) is 5.69 Å². The van der Waals surface area contributed by atoms with Crippen LogP contribution in [0.3, 0.4) is 0 Å². The van der Waals surface area contributed by atoms with Gasteiger partial charge in [0.25, 0.3) is 0 Å². The number of aromatic nitrogens is 1. The molecule has 10 heteroatoms. The van der Waals surface area contributed by atoms with Gasteiger partial charge in [-0.3, -0.25) is 10.9 Å². The highest BCUT2D eigenvalue weighted by molar-refractivity contribution is 7.89. The van der Waals surface area contributed by atoms with Crippen LogP contribution < -0.4 is 16.2 Å². The fourth-order valence-corrected chi connectivity index (χ4v) is 4.50. The van der Waals surface area contributed by atoms with Gasteiger partial charge < -0.3 is 5.32 Å². The molecule has 0 atom stereocenters. The number of urea groups is 1. The lowest BCUT2D eigenvalue weighted by atomic mass is 10.3. The first-order valence-corrected chi connectivity index (χ1v) is 10.1. The largest absolute Gasteiger partial charge is 0.337 e. The summed E-state index contributed by atoms with van der Waals surface area (Å²) in [4.78, 5) is 15.9. The second-order valence-corrected chi connectivity index (χ2v) is 8.43. The van der Waals surface area contributed by atoms with Crippen molar-refractivity contribution in [1.82, 2.24) is 14.7 Å². The number of carbonyl (C=O) groups is 1. The van der Waals surface area contributed by atoms with Gasteiger partial charge in [-0.1, -0.05) is 12.1 Å². The molecule has 0 aliphatic heterocycles. The average molecular weight is 409 g/mol. The number of hydrogen-bond acceptors (Lipinski definition) is 5. The standard InChI is InChI=1S/C18H24FN5O3S/c1-12(2)24(13(3)4)28(26,27)14-9-10-17(20-11-14)22-23-18(25)21-16-8-6-5-7-15(16)19/h5-13H,1-4H3,(H,20,22)(H2,21,23,25). The van der Waals surface area contributed by atoms with E-state index in [-0.39, 0.29) is 28.5 Å². The van der Waals surface area contributed by atoms with Crippen LogP contribution in [0.4, 0.5) is 20.7 Å². The molecule has 0 unspecified atom stereocenters. The van der Waals surface area contributed by atoms with E-state index in [0.29, 0.717) is 0 Å². The van der Waals surface area contributed by atoms with E-state index in [9.17, 15) is 17.6 Å². The van der Waals surface area contributed by atoms with Crippen LogP contribution in [0.25, 0.3) is 0 Å². The first kappa shape index (κ1) is 21.6. The van der Waals surface area contributed by atoms with Crippen LogP contribution in [0.15, 0.2) is 47.5 Å². The molecular formula is C18H24FN5O3S. The summed E-state index contributed by atoms with van der Waals surface area (Å²) in [6, 6.07) is 7.46. The van der Waals surface area contributed by atoms with Crippen molar-refractivity contribution in [3.63, 3.8) is 0 Å². The molecule has 0 saturated carbocycles. The van der Waals surface area contributed by atoms with Gasteiger partial charge in [-0.25, -0.2) is 22.6 Å². The van der Waals surface area contributed by atoms with Crippen LogP contribution in [0, 0.1) is 5.82 Å². The highest BCUT2D eigenvalue weighted by Gasteiger charge is 2.29. The number of nitrogens with zero attached hydrogens (tertiary/aromatic N) is 2. The van der Waals surface area contributed by atoms with Crippen molar-refractivity contribution in [3.8, 4) is 0 Å². The van der Waals surface area contributed by atoms with Gasteiger partial charge in [0.1, 0.15) is 16.5 Å². The van der Waals surface area contributed by atoms with Crippen LogP contribution in [-0.2, 0) is 10.0 Å². The molecule has 0 bridgehead atoms. The van der Waals surface area contributed by atoms with E-state index >= 15 is 0 Å². The van der Waals surface area contributed by atoms with Crippen molar-refractivity contribution in [2.24, 2.45) is 0 Å². The molecule has 28 heavy (non-hydrogen) atoms. The summed E-state index contributed by atoms with van der Waals surface area (Å²) in [6.45, 7) is 7.22. The van der Waals surface area contributed by atoms with Crippen molar-refractivity contribution in [2.45, 2.75) is 44.7 Å². The summed E-state index contributed by atoms with van der Waals surface area (Å²) < 4.78 is 40.5. The Balaban J connectivity index is 2.02. The second-order valence-electron chi connectivity index (χ2n) is 6.59. The number of hydrazine groups is 1. The molecule has 0 aliphatic carbocycles. The Morgan fingerprint density at radius 2 is 1.71 bits per heavy atom. The van der Waals surface area contributed by atoms with E-state index in [2.05, 4.69) is 21.2 Å². The highest BCUT2D eigenvalue weighted by Crippen LogP contribution is 2.21. The summed E-state index contributed by atoms with van der Waals surface area (Å²) in [5.74, 6) is -0.339. The van der Waals surface area contributed by atoms with Gasteiger partial charge >= 0.3 is 6.03 Å². The summed E-state index contributed by atoms with van der Waals surface area (Å²) in [7, 11) is -3.69. The van der Waals surface area contributed by atoms with E-state index in [1.165, 1.54) is 40.8 Å². The zero-order valence-corrected chi connectivity index (χ0v) is 16.9. The third-order valence-corrected chi connectivity index (χ3v) is 5.99. The maximum Gasteiger partial charge on any atom is 0.337 e. The minimum Gasteiger partial charge on any atom is -0.304 e. The van der Waals surface area contributed by atoms with Crippen LogP contribution >= 0.6 is 0 Å². The number of carbonyl (C=O) groups excluding carboxylic acids is 1. The van der Waals surface area contributed by atoms with Crippen LogP contribution in [-0.4, -0.2) is 35.8 Å². The molecule has 1 aromatic carbocycles. The van der Waals surface area contributed by atoms with Crippen LogP contribution in [0.2, 0.25) is 0 Å². The predicted molar refractivity (Wildman–Crippen MR) is 106 cm³/mol. The maximum absolute atomic E-state index is 13.5. The van der Waals surface area contributed by atoms with Gasteiger partial charge in [0.2, 0.25) is 10.0 Å². The number of hydrogen-bond donors (Lipinski definition) is 3. The minimum atomic E-state index is -3.69. The fourth-order valence-electron chi connectivity index (χ4n) is 2.72. The Labute approximate surface area is 164 Å². The first-order chi connectivity index (χ1) is 13.1. The lowest BCUT2D eigenvalue weighted by Gasteiger charge is -2.29. The van der Waals surface area contributed by atoms with Crippen molar-refractivity contribution >= 4 is 27.6 Å². The Hall–Kier alpha value is -2.72. The molecule has 1 aromatic heterocycles. The molecule has 0 saturated heterocycles. The van der Waals surface area contributed by atoms with E-state index in [0.717, 1.165) is 0 Å². The molecule has 0 fully saturated rings. The Morgan fingerprint density at radius 1 is 1.07 bits per heavy atom. The van der Waals surface area contributed by atoms with Gasteiger partial charge in [-0.2, -0.15) is 4.31 Å². The Kier molecular flexibility index (Phi) is 6.92. The lowest BCUT2D eigenvalue weighted by molar-refractivity contribution is 0.253. The van der Waals surface area contributed by atoms with E-state index in [1.54, 1.807) is 33.8 Å². The number of rotatable bonds is 7. The zero-order chi connectivity index (χ0) is 20.9. The molecule has 2 aromatic rings. The molecule has 0 aliphatic rings. The third kappa shape index (κ3) is 5.17. The van der Waals surface area contributed by atoms with Gasteiger partial charge in [0, 0.05) is 18.3 Å².